The number of methoxy groups -OCH3 is 1. The fourth-order valence-corrected chi connectivity index (χ4v) is 2.79. The number of nitrogens with zero attached hydrogens (tertiary/aromatic N) is 2. The van der Waals surface area contributed by atoms with Crippen molar-refractivity contribution in [2.24, 2.45) is 0 Å². The molecule has 0 radical (unpaired) electrons. The standard InChI is InChI=1S/C22H23N3O2/c1-25(18-8-4-3-5-9-18)19-12-14-23-21(16-19)22(26)24-13-11-17-7-6-10-20(15-17)27-2/h3-10,12,14-16H,11,13H2,1-2H3,(H,24,26). The van der Waals surface area contributed by atoms with Crippen LogP contribution in [0.2, 0.25) is 0 Å². The normalized spacial score (nSPS) is 10.3. The van der Waals surface area contributed by atoms with Gasteiger partial charge in [-0.3, -0.25) is 9.78 Å². The number of amides is 1. The first kappa shape index (κ1) is 18.5. The average molecular weight is 361 g/mol. The summed E-state index contributed by atoms with van der Waals surface area (Å²) >= 11 is 0. The zero-order valence-electron chi connectivity index (χ0n) is 15.6. The van der Waals surface area contributed by atoms with Crippen molar-refractivity contribution < 1.29 is 9.53 Å². The van der Waals surface area contributed by atoms with E-state index in [-0.39, 0.29) is 5.91 Å². The molecule has 0 atom stereocenters. The Morgan fingerprint density at radius 3 is 2.63 bits per heavy atom. The van der Waals surface area contributed by atoms with Crippen molar-refractivity contribution >= 4 is 17.3 Å². The van der Waals surface area contributed by atoms with E-state index in [9.17, 15) is 4.79 Å². The molecule has 1 heterocycles. The Morgan fingerprint density at radius 1 is 1.04 bits per heavy atom. The number of hydrogen-bond donors (Lipinski definition) is 1. The molecule has 0 aliphatic carbocycles. The predicted octanol–water partition coefficient (Wildman–Crippen LogP) is 3.83. The van der Waals surface area contributed by atoms with E-state index in [4.69, 9.17) is 4.74 Å². The second-order valence-corrected chi connectivity index (χ2v) is 6.15. The molecule has 0 bridgehead atoms. The minimum atomic E-state index is -0.179. The van der Waals surface area contributed by atoms with Crippen molar-refractivity contribution in [2.75, 3.05) is 25.6 Å². The van der Waals surface area contributed by atoms with E-state index >= 15 is 0 Å². The molecule has 0 aliphatic heterocycles. The lowest BCUT2D eigenvalue weighted by molar-refractivity contribution is 0.0949. The van der Waals surface area contributed by atoms with Crippen LogP contribution in [-0.2, 0) is 6.42 Å². The topological polar surface area (TPSA) is 54.5 Å². The Kier molecular flexibility index (Phi) is 6.05. The lowest BCUT2D eigenvalue weighted by Crippen LogP contribution is -2.26. The summed E-state index contributed by atoms with van der Waals surface area (Å²) in [5, 5.41) is 2.93. The number of benzene rings is 2. The molecule has 3 rings (SSSR count). The number of aromatic nitrogens is 1. The van der Waals surface area contributed by atoms with Crippen LogP contribution in [0.4, 0.5) is 11.4 Å². The van der Waals surface area contributed by atoms with Crippen LogP contribution >= 0.6 is 0 Å². The SMILES string of the molecule is COc1cccc(CCNC(=O)c2cc(N(C)c3ccccc3)ccn2)c1. The molecule has 2 aromatic carbocycles. The van der Waals surface area contributed by atoms with Crippen LogP contribution in [-0.4, -0.2) is 31.6 Å². The van der Waals surface area contributed by atoms with E-state index in [2.05, 4.69) is 10.3 Å². The molecular weight excluding hydrogens is 338 g/mol. The van der Waals surface area contributed by atoms with Gasteiger partial charge < -0.3 is 15.0 Å². The van der Waals surface area contributed by atoms with Crippen LogP contribution in [0.5, 0.6) is 5.75 Å². The van der Waals surface area contributed by atoms with Gasteiger partial charge in [-0.1, -0.05) is 30.3 Å². The predicted molar refractivity (Wildman–Crippen MR) is 108 cm³/mol. The number of carbonyl (C=O) groups is 1. The number of hydrogen-bond acceptors (Lipinski definition) is 4. The fourth-order valence-electron chi connectivity index (χ4n) is 2.79. The zero-order valence-corrected chi connectivity index (χ0v) is 15.6. The highest BCUT2D eigenvalue weighted by Crippen LogP contribution is 2.23. The summed E-state index contributed by atoms with van der Waals surface area (Å²) in [6.07, 6.45) is 2.39. The summed E-state index contributed by atoms with van der Waals surface area (Å²) in [6.45, 7) is 0.534. The number of rotatable bonds is 7. The number of ether oxygens (including phenoxy) is 1. The smallest absolute Gasteiger partial charge is 0.269 e. The largest absolute Gasteiger partial charge is 0.497 e. The molecule has 27 heavy (non-hydrogen) atoms. The molecule has 5 nitrogen and oxygen atoms in total. The van der Waals surface area contributed by atoms with Crippen molar-refractivity contribution in [3.63, 3.8) is 0 Å². The van der Waals surface area contributed by atoms with Gasteiger partial charge >= 0.3 is 0 Å². The molecule has 0 saturated heterocycles. The first-order valence-electron chi connectivity index (χ1n) is 8.83. The van der Waals surface area contributed by atoms with Crippen molar-refractivity contribution in [1.82, 2.24) is 10.3 Å². The number of pyridine rings is 1. The minimum absolute atomic E-state index is 0.179. The second kappa shape index (κ2) is 8.85. The van der Waals surface area contributed by atoms with Crippen molar-refractivity contribution in [2.45, 2.75) is 6.42 Å². The molecule has 0 saturated carbocycles. The molecule has 1 aromatic heterocycles. The maximum atomic E-state index is 12.5. The van der Waals surface area contributed by atoms with Gasteiger partial charge in [-0.2, -0.15) is 0 Å². The Morgan fingerprint density at radius 2 is 1.85 bits per heavy atom. The van der Waals surface area contributed by atoms with Crippen molar-refractivity contribution in [3.05, 3.63) is 84.2 Å². The lowest BCUT2D eigenvalue weighted by atomic mass is 10.1. The van der Waals surface area contributed by atoms with E-state index in [0.29, 0.717) is 12.2 Å². The van der Waals surface area contributed by atoms with Crippen LogP contribution in [0.3, 0.4) is 0 Å². The Bertz CT molecular complexity index is 897. The summed E-state index contributed by atoms with van der Waals surface area (Å²) < 4.78 is 5.22. The van der Waals surface area contributed by atoms with Crippen LogP contribution in [0.25, 0.3) is 0 Å². The van der Waals surface area contributed by atoms with Crippen LogP contribution < -0.4 is 15.0 Å². The fraction of sp³-hybridized carbons (Fsp3) is 0.182. The van der Waals surface area contributed by atoms with Gasteiger partial charge in [-0.15, -0.1) is 0 Å². The van der Waals surface area contributed by atoms with E-state index in [1.807, 2.05) is 72.6 Å². The molecule has 1 N–H and O–H groups in total. The number of carbonyl (C=O) groups excluding carboxylic acids is 1. The Hall–Kier alpha value is -3.34. The molecule has 0 aliphatic rings. The van der Waals surface area contributed by atoms with Gasteiger partial charge in [0.15, 0.2) is 0 Å². The number of para-hydroxylation sites is 1. The minimum Gasteiger partial charge on any atom is -0.497 e. The quantitative estimate of drug-likeness (QED) is 0.695. The third-order valence-electron chi connectivity index (χ3n) is 4.34. The molecule has 5 heteroatoms. The van der Waals surface area contributed by atoms with Gasteiger partial charge in [0.05, 0.1) is 7.11 Å². The summed E-state index contributed by atoms with van der Waals surface area (Å²) in [4.78, 5) is 18.7. The summed E-state index contributed by atoms with van der Waals surface area (Å²) in [5.41, 5.74) is 3.48. The summed E-state index contributed by atoms with van der Waals surface area (Å²) in [6, 6.07) is 21.5. The molecule has 1 amide bonds. The van der Waals surface area contributed by atoms with E-state index in [1.54, 1.807) is 19.4 Å². The monoisotopic (exact) mass is 361 g/mol. The molecule has 0 spiro atoms. The molecule has 0 fully saturated rings. The van der Waals surface area contributed by atoms with Gasteiger partial charge in [-0.25, -0.2) is 0 Å². The third-order valence-corrected chi connectivity index (χ3v) is 4.34. The number of anilines is 2. The molecule has 138 valence electrons. The first-order valence-corrected chi connectivity index (χ1v) is 8.83. The molecule has 3 aromatic rings. The lowest BCUT2D eigenvalue weighted by Gasteiger charge is -2.19. The highest BCUT2D eigenvalue weighted by atomic mass is 16.5. The van der Waals surface area contributed by atoms with Gasteiger partial charge in [0.1, 0.15) is 11.4 Å². The Balaban J connectivity index is 1.61. The van der Waals surface area contributed by atoms with E-state index in [1.165, 1.54) is 0 Å². The maximum absolute atomic E-state index is 12.5. The van der Waals surface area contributed by atoms with Crippen molar-refractivity contribution in [1.29, 1.82) is 0 Å². The molecule has 0 unspecified atom stereocenters. The van der Waals surface area contributed by atoms with Crippen LogP contribution in [0, 0.1) is 0 Å². The highest BCUT2D eigenvalue weighted by molar-refractivity contribution is 5.93. The second-order valence-electron chi connectivity index (χ2n) is 6.15. The van der Waals surface area contributed by atoms with Crippen LogP contribution in [0.15, 0.2) is 72.9 Å². The van der Waals surface area contributed by atoms with Gasteiger partial charge in [0.25, 0.3) is 5.91 Å². The first-order chi connectivity index (χ1) is 13.2. The van der Waals surface area contributed by atoms with E-state index in [0.717, 1.165) is 29.1 Å². The van der Waals surface area contributed by atoms with E-state index < -0.39 is 0 Å². The van der Waals surface area contributed by atoms with Gasteiger partial charge in [-0.05, 0) is 48.4 Å². The van der Waals surface area contributed by atoms with Gasteiger partial charge in [0.2, 0.25) is 0 Å². The summed E-state index contributed by atoms with van der Waals surface area (Å²) in [7, 11) is 3.61. The average Bonchev–Trinajstić information content (AvgIpc) is 2.74. The third kappa shape index (κ3) is 4.85. The molecular formula is C22H23N3O2. The highest BCUT2D eigenvalue weighted by Gasteiger charge is 2.10. The zero-order chi connectivity index (χ0) is 19.1. The van der Waals surface area contributed by atoms with Crippen molar-refractivity contribution in [3.8, 4) is 5.75 Å². The van der Waals surface area contributed by atoms with Crippen LogP contribution in [0.1, 0.15) is 16.1 Å². The maximum Gasteiger partial charge on any atom is 0.269 e. The van der Waals surface area contributed by atoms with Gasteiger partial charge in [0, 0.05) is 31.2 Å². The number of nitrogens with one attached hydrogen (secondary N) is 1. The Labute approximate surface area is 159 Å². The summed E-state index contributed by atoms with van der Waals surface area (Å²) in [5.74, 6) is 0.637.